The molecule has 1 aliphatic heterocycles. The summed E-state index contributed by atoms with van der Waals surface area (Å²) in [6.07, 6.45) is 0.0674. The van der Waals surface area contributed by atoms with E-state index in [0.717, 1.165) is 23.1 Å². The summed E-state index contributed by atoms with van der Waals surface area (Å²) >= 11 is 0. The van der Waals surface area contributed by atoms with Gasteiger partial charge in [0, 0.05) is 18.9 Å². The van der Waals surface area contributed by atoms with Crippen molar-refractivity contribution < 1.29 is 31.5 Å². The van der Waals surface area contributed by atoms with E-state index in [0.29, 0.717) is 6.07 Å². The van der Waals surface area contributed by atoms with Crippen LogP contribution in [-0.4, -0.2) is 27.3 Å². The number of halogens is 2. The van der Waals surface area contributed by atoms with Gasteiger partial charge in [-0.1, -0.05) is 0 Å². The smallest absolute Gasteiger partial charge is 0.265 e. The van der Waals surface area contributed by atoms with Crippen molar-refractivity contribution in [3.8, 4) is 5.75 Å². The number of carbonyl (C=O) groups excluding carboxylic acids is 2. The average molecular weight is 396 g/mol. The van der Waals surface area contributed by atoms with Crippen LogP contribution in [0.4, 0.5) is 20.2 Å². The van der Waals surface area contributed by atoms with Crippen molar-refractivity contribution in [2.75, 3.05) is 16.7 Å². The number of hydrogen-bond donors (Lipinski definition) is 1. The Morgan fingerprint density at radius 1 is 1.04 bits per heavy atom. The molecular formula is C17H14F2N2O5S. The van der Waals surface area contributed by atoms with Crippen LogP contribution in [0.2, 0.25) is 0 Å². The maximum Gasteiger partial charge on any atom is 0.265 e. The number of rotatable bonds is 5. The lowest BCUT2D eigenvalue weighted by Crippen LogP contribution is -2.28. The molecule has 7 nitrogen and oxygen atoms in total. The molecule has 1 fully saturated rings. The molecule has 1 aliphatic rings. The van der Waals surface area contributed by atoms with Crippen LogP contribution >= 0.6 is 0 Å². The molecule has 0 aliphatic carbocycles. The van der Waals surface area contributed by atoms with E-state index >= 15 is 0 Å². The summed E-state index contributed by atoms with van der Waals surface area (Å²) in [5, 5.41) is 0. The lowest BCUT2D eigenvalue weighted by atomic mass is 10.2. The third kappa shape index (κ3) is 3.61. The van der Waals surface area contributed by atoms with Gasteiger partial charge in [0.15, 0.2) is 0 Å². The van der Waals surface area contributed by atoms with Gasteiger partial charge < -0.3 is 4.74 Å². The van der Waals surface area contributed by atoms with Gasteiger partial charge in [0.25, 0.3) is 10.0 Å². The van der Waals surface area contributed by atoms with Gasteiger partial charge in [-0.2, -0.15) is 0 Å². The third-order valence-corrected chi connectivity index (χ3v) is 5.31. The van der Waals surface area contributed by atoms with Gasteiger partial charge in [0.2, 0.25) is 11.8 Å². The van der Waals surface area contributed by atoms with E-state index in [1.54, 1.807) is 0 Å². The molecule has 2 amide bonds. The van der Waals surface area contributed by atoms with E-state index in [4.69, 9.17) is 4.74 Å². The summed E-state index contributed by atoms with van der Waals surface area (Å²) in [5.41, 5.74) is -0.402. The number of ether oxygens (including phenoxy) is 1. The van der Waals surface area contributed by atoms with Gasteiger partial charge in [-0.25, -0.2) is 17.2 Å². The zero-order valence-electron chi connectivity index (χ0n) is 14.0. The zero-order chi connectivity index (χ0) is 19.8. The Hall–Kier alpha value is -3.01. The van der Waals surface area contributed by atoms with Crippen LogP contribution in [0.25, 0.3) is 0 Å². The average Bonchev–Trinajstić information content (AvgIpc) is 2.95. The van der Waals surface area contributed by atoms with Gasteiger partial charge in [-0.15, -0.1) is 0 Å². The largest absolute Gasteiger partial charge is 0.495 e. The van der Waals surface area contributed by atoms with Gasteiger partial charge in [0.05, 0.1) is 18.5 Å². The van der Waals surface area contributed by atoms with Crippen molar-refractivity contribution in [2.45, 2.75) is 17.7 Å². The first-order valence-electron chi connectivity index (χ1n) is 7.74. The summed E-state index contributed by atoms with van der Waals surface area (Å²) in [7, 11) is -3.13. The number of nitrogens with one attached hydrogen (secondary N) is 1. The Kier molecular flexibility index (Phi) is 4.83. The molecule has 3 rings (SSSR count). The van der Waals surface area contributed by atoms with E-state index in [1.807, 2.05) is 4.72 Å². The molecule has 1 saturated heterocycles. The Bertz CT molecular complexity index is 1020. The number of imide groups is 1. The summed E-state index contributed by atoms with van der Waals surface area (Å²) in [6, 6.07) is 6.11. The molecule has 0 saturated carbocycles. The quantitative estimate of drug-likeness (QED) is 0.784. The molecule has 0 bridgehead atoms. The highest BCUT2D eigenvalue weighted by Gasteiger charge is 2.32. The molecule has 10 heteroatoms. The highest BCUT2D eigenvalue weighted by molar-refractivity contribution is 7.92. The zero-order valence-corrected chi connectivity index (χ0v) is 14.8. The Morgan fingerprint density at radius 2 is 1.70 bits per heavy atom. The number of sulfonamides is 1. The maximum absolute atomic E-state index is 13.8. The first-order chi connectivity index (χ1) is 12.7. The van der Waals surface area contributed by atoms with Crippen LogP contribution in [0.3, 0.4) is 0 Å². The predicted octanol–water partition coefficient (Wildman–Crippen LogP) is 2.43. The third-order valence-electron chi connectivity index (χ3n) is 3.92. The Labute approximate surface area is 153 Å². The highest BCUT2D eigenvalue weighted by atomic mass is 32.2. The standard InChI is InChI=1S/C17H14F2N2O5S/c1-26-14-5-3-11(21-16(22)6-7-17(21)23)9-15(14)27(24,25)20-13-4-2-10(18)8-12(13)19/h2-5,8-9,20H,6-7H2,1H3. The molecule has 0 atom stereocenters. The first-order valence-corrected chi connectivity index (χ1v) is 9.23. The van der Waals surface area contributed by atoms with Crippen molar-refractivity contribution in [3.63, 3.8) is 0 Å². The summed E-state index contributed by atoms with van der Waals surface area (Å²) in [6.45, 7) is 0. The molecule has 0 spiro atoms. The second kappa shape index (κ2) is 6.95. The summed E-state index contributed by atoms with van der Waals surface area (Å²) in [5.74, 6) is -2.94. The molecule has 0 radical (unpaired) electrons. The fourth-order valence-electron chi connectivity index (χ4n) is 2.65. The molecule has 1 N–H and O–H groups in total. The minimum Gasteiger partial charge on any atom is -0.495 e. The molecule has 0 aromatic heterocycles. The number of nitrogens with zero attached hydrogens (tertiary/aromatic N) is 1. The van der Waals surface area contributed by atoms with Crippen LogP contribution in [0, 0.1) is 11.6 Å². The van der Waals surface area contributed by atoms with Gasteiger partial charge in [-0.3, -0.25) is 19.2 Å². The minimum atomic E-state index is -4.37. The van der Waals surface area contributed by atoms with Crippen LogP contribution in [-0.2, 0) is 19.6 Å². The van der Waals surface area contributed by atoms with E-state index < -0.39 is 44.1 Å². The summed E-state index contributed by atoms with van der Waals surface area (Å²) < 4.78 is 59.3. The predicted molar refractivity (Wildman–Crippen MR) is 91.9 cm³/mol. The number of amides is 2. The van der Waals surface area contributed by atoms with Crippen LogP contribution in [0.1, 0.15) is 12.8 Å². The van der Waals surface area contributed by atoms with E-state index in [-0.39, 0.29) is 24.3 Å². The van der Waals surface area contributed by atoms with Crippen LogP contribution in [0.15, 0.2) is 41.3 Å². The van der Waals surface area contributed by atoms with Crippen molar-refractivity contribution in [2.24, 2.45) is 0 Å². The molecule has 2 aromatic rings. The van der Waals surface area contributed by atoms with Crippen molar-refractivity contribution >= 4 is 33.2 Å². The second-order valence-electron chi connectivity index (χ2n) is 5.69. The second-order valence-corrected chi connectivity index (χ2v) is 7.34. The van der Waals surface area contributed by atoms with E-state index in [2.05, 4.69) is 0 Å². The van der Waals surface area contributed by atoms with E-state index in [1.165, 1.54) is 19.2 Å². The highest BCUT2D eigenvalue weighted by Crippen LogP contribution is 2.32. The Balaban J connectivity index is 2.04. The van der Waals surface area contributed by atoms with Crippen molar-refractivity contribution in [3.05, 3.63) is 48.0 Å². The lowest BCUT2D eigenvalue weighted by Gasteiger charge is -2.17. The summed E-state index contributed by atoms with van der Waals surface area (Å²) in [4.78, 5) is 24.3. The normalized spacial score (nSPS) is 14.6. The fraction of sp³-hybridized carbons (Fsp3) is 0.176. The number of anilines is 2. The molecule has 0 unspecified atom stereocenters. The topological polar surface area (TPSA) is 92.8 Å². The molecule has 27 heavy (non-hydrogen) atoms. The molecule has 142 valence electrons. The van der Waals surface area contributed by atoms with Crippen molar-refractivity contribution in [1.82, 2.24) is 0 Å². The lowest BCUT2D eigenvalue weighted by molar-refractivity contribution is -0.121. The van der Waals surface area contributed by atoms with Gasteiger partial charge in [0.1, 0.15) is 22.3 Å². The molecule has 1 heterocycles. The maximum atomic E-state index is 13.8. The van der Waals surface area contributed by atoms with E-state index in [9.17, 15) is 26.8 Å². The van der Waals surface area contributed by atoms with Gasteiger partial charge >= 0.3 is 0 Å². The van der Waals surface area contributed by atoms with Crippen molar-refractivity contribution in [1.29, 1.82) is 0 Å². The van der Waals surface area contributed by atoms with Crippen LogP contribution in [0.5, 0.6) is 5.75 Å². The number of hydrogen-bond acceptors (Lipinski definition) is 5. The first kappa shape index (κ1) is 18.8. The molecule has 2 aromatic carbocycles. The molecular weight excluding hydrogens is 382 g/mol. The Morgan fingerprint density at radius 3 is 2.30 bits per heavy atom. The monoisotopic (exact) mass is 396 g/mol. The number of benzene rings is 2. The number of carbonyl (C=O) groups is 2. The number of methoxy groups -OCH3 is 1. The van der Waals surface area contributed by atoms with Crippen LogP contribution < -0.4 is 14.4 Å². The minimum absolute atomic E-state index is 0.0337. The SMILES string of the molecule is COc1ccc(N2C(=O)CCC2=O)cc1S(=O)(=O)Nc1ccc(F)cc1F. The fourth-order valence-corrected chi connectivity index (χ4v) is 3.91. The van der Waals surface area contributed by atoms with Gasteiger partial charge in [-0.05, 0) is 30.3 Å².